The van der Waals surface area contributed by atoms with Gasteiger partial charge in [0.25, 0.3) is 5.91 Å². The Morgan fingerprint density at radius 3 is 2.80 bits per heavy atom. The van der Waals surface area contributed by atoms with Crippen molar-refractivity contribution >= 4 is 33.8 Å². The Morgan fingerprint density at radius 1 is 1.35 bits per heavy atom. The van der Waals surface area contributed by atoms with E-state index < -0.39 is 0 Å². The maximum atomic E-state index is 12.0. The van der Waals surface area contributed by atoms with Gasteiger partial charge >= 0.3 is 0 Å². The van der Waals surface area contributed by atoms with Crippen LogP contribution in [0.1, 0.15) is 20.9 Å². The third-order valence-corrected chi connectivity index (χ3v) is 4.03. The van der Waals surface area contributed by atoms with Gasteiger partial charge < -0.3 is 5.32 Å². The third-order valence-electron chi connectivity index (χ3n) is 2.87. The molecule has 0 saturated carbocycles. The Morgan fingerprint density at radius 2 is 2.10 bits per heavy atom. The van der Waals surface area contributed by atoms with E-state index in [0.717, 1.165) is 10.5 Å². The highest BCUT2D eigenvalue weighted by Crippen LogP contribution is 2.16. The number of imidazole rings is 1. The number of hydrogen-bond acceptors (Lipinski definition) is 3. The molecule has 0 aliphatic carbocycles. The van der Waals surface area contributed by atoms with Crippen LogP contribution in [0.3, 0.4) is 0 Å². The minimum atomic E-state index is -0.173. The monoisotopic (exact) mass is 305 g/mol. The van der Waals surface area contributed by atoms with E-state index in [2.05, 4.69) is 10.3 Å². The number of thiazole rings is 1. The maximum absolute atomic E-state index is 12.0. The fourth-order valence-corrected chi connectivity index (χ4v) is 2.83. The zero-order chi connectivity index (χ0) is 14.1. The van der Waals surface area contributed by atoms with Gasteiger partial charge in [-0.15, -0.1) is 11.3 Å². The number of halogens is 1. The largest absolute Gasteiger partial charge is 0.347 e. The summed E-state index contributed by atoms with van der Waals surface area (Å²) in [7, 11) is 0. The Hall–Kier alpha value is -1.85. The molecule has 0 spiro atoms. The molecule has 2 heterocycles. The van der Waals surface area contributed by atoms with Crippen LogP contribution in [-0.2, 0) is 6.54 Å². The predicted molar refractivity (Wildman–Crippen MR) is 80.4 cm³/mol. The van der Waals surface area contributed by atoms with Crippen molar-refractivity contribution in [1.82, 2.24) is 14.7 Å². The van der Waals surface area contributed by atoms with Crippen molar-refractivity contribution in [3.8, 4) is 0 Å². The smallest absolute Gasteiger partial charge is 0.271 e. The zero-order valence-corrected chi connectivity index (χ0v) is 12.3. The van der Waals surface area contributed by atoms with Crippen molar-refractivity contribution in [3.05, 3.63) is 57.8 Å². The van der Waals surface area contributed by atoms with E-state index in [4.69, 9.17) is 11.6 Å². The molecule has 1 amide bonds. The second kappa shape index (κ2) is 5.26. The first-order chi connectivity index (χ1) is 9.61. The van der Waals surface area contributed by atoms with E-state index in [0.29, 0.717) is 17.3 Å². The summed E-state index contributed by atoms with van der Waals surface area (Å²) in [6, 6.07) is 7.38. The molecule has 0 fully saturated rings. The molecule has 1 N–H and O–H groups in total. The maximum Gasteiger partial charge on any atom is 0.271 e. The van der Waals surface area contributed by atoms with Crippen LogP contribution in [-0.4, -0.2) is 15.3 Å². The molecule has 0 aliphatic rings. The zero-order valence-electron chi connectivity index (χ0n) is 10.8. The summed E-state index contributed by atoms with van der Waals surface area (Å²) in [4.78, 5) is 18.3. The molecular weight excluding hydrogens is 294 g/mol. The first-order valence-electron chi connectivity index (χ1n) is 6.09. The fourth-order valence-electron chi connectivity index (χ4n) is 1.90. The number of benzene rings is 1. The summed E-state index contributed by atoms with van der Waals surface area (Å²) in [5.41, 5.74) is 1.44. The quantitative estimate of drug-likeness (QED) is 0.807. The molecule has 20 heavy (non-hydrogen) atoms. The van der Waals surface area contributed by atoms with E-state index in [1.54, 1.807) is 29.7 Å². The van der Waals surface area contributed by atoms with Crippen molar-refractivity contribution < 1.29 is 4.79 Å². The van der Waals surface area contributed by atoms with Gasteiger partial charge in [-0.05, 0) is 24.6 Å². The van der Waals surface area contributed by atoms with E-state index in [1.807, 2.05) is 29.7 Å². The van der Waals surface area contributed by atoms with Gasteiger partial charge in [0, 0.05) is 28.8 Å². The summed E-state index contributed by atoms with van der Waals surface area (Å²) < 4.78 is 1.87. The van der Waals surface area contributed by atoms with Crippen molar-refractivity contribution in [2.24, 2.45) is 0 Å². The molecule has 0 radical (unpaired) electrons. The number of carbonyl (C=O) groups is 1. The molecule has 0 atom stereocenters. The summed E-state index contributed by atoms with van der Waals surface area (Å²) in [5.74, 6) is -0.173. The Labute approximate surface area is 125 Å². The summed E-state index contributed by atoms with van der Waals surface area (Å²) in [6.07, 6.45) is 3.71. The number of aryl methyl sites for hydroxylation is 1. The van der Waals surface area contributed by atoms with Crippen LogP contribution in [0, 0.1) is 6.92 Å². The number of rotatable bonds is 3. The molecule has 102 valence electrons. The van der Waals surface area contributed by atoms with Crippen LogP contribution in [0.5, 0.6) is 0 Å². The third kappa shape index (κ3) is 2.69. The van der Waals surface area contributed by atoms with Crippen LogP contribution >= 0.6 is 22.9 Å². The molecule has 3 aromatic rings. The van der Waals surface area contributed by atoms with Crippen molar-refractivity contribution in [2.45, 2.75) is 13.5 Å². The second-order valence-corrected chi connectivity index (χ2v) is 6.12. The second-order valence-electron chi connectivity index (χ2n) is 4.47. The average Bonchev–Trinajstić information content (AvgIpc) is 2.95. The number of fused-ring (bicyclic) bond motifs is 1. The first kappa shape index (κ1) is 13.1. The number of hydrogen-bond donors (Lipinski definition) is 1. The average molecular weight is 306 g/mol. The SMILES string of the molecule is Cc1cn2cc(C(=O)NCc3ccc(Cl)cc3)nc2s1. The van der Waals surface area contributed by atoms with E-state index in [-0.39, 0.29) is 5.91 Å². The molecule has 3 rings (SSSR count). The lowest BCUT2D eigenvalue weighted by Gasteiger charge is -2.03. The lowest BCUT2D eigenvalue weighted by atomic mass is 10.2. The molecule has 2 aromatic heterocycles. The summed E-state index contributed by atoms with van der Waals surface area (Å²) in [5, 5.41) is 3.53. The van der Waals surface area contributed by atoms with Crippen molar-refractivity contribution in [3.63, 3.8) is 0 Å². The van der Waals surface area contributed by atoms with Crippen LogP contribution in [0.15, 0.2) is 36.7 Å². The van der Waals surface area contributed by atoms with Gasteiger partial charge in [0.15, 0.2) is 4.96 Å². The predicted octanol–water partition coefficient (Wildman–Crippen LogP) is 3.29. The van der Waals surface area contributed by atoms with E-state index in [9.17, 15) is 4.79 Å². The highest BCUT2D eigenvalue weighted by Gasteiger charge is 2.11. The molecule has 6 heteroatoms. The standard InChI is InChI=1S/C14H12ClN3OS/c1-9-7-18-8-12(17-14(18)20-9)13(19)16-6-10-2-4-11(15)5-3-10/h2-5,7-8H,6H2,1H3,(H,16,19). The van der Waals surface area contributed by atoms with Crippen LogP contribution in [0.2, 0.25) is 5.02 Å². The number of carbonyl (C=O) groups excluding carboxylic acids is 1. The molecule has 0 unspecified atom stereocenters. The topological polar surface area (TPSA) is 46.4 Å². The molecular formula is C14H12ClN3OS. The van der Waals surface area contributed by atoms with Crippen LogP contribution in [0.25, 0.3) is 4.96 Å². The van der Waals surface area contributed by atoms with Gasteiger partial charge in [0.05, 0.1) is 0 Å². The lowest BCUT2D eigenvalue weighted by molar-refractivity contribution is 0.0946. The molecule has 0 saturated heterocycles. The highest BCUT2D eigenvalue weighted by molar-refractivity contribution is 7.17. The normalized spacial score (nSPS) is 10.9. The minimum absolute atomic E-state index is 0.173. The number of amides is 1. The molecule has 1 aromatic carbocycles. The Bertz CT molecular complexity index is 729. The van der Waals surface area contributed by atoms with Crippen LogP contribution in [0.4, 0.5) is 0 Å². The van der Waals surface area contributed by atoms with Gasteiger partial charge in [0.2, 0.25) is 0 Å². The number of nitrogens with zero attached hydrogens (tertiary/aromatic N) is 2. The first-order valence-corrected chi connectivity index (χ1v) is 7.29. The fraction of sp³-hybridized carbons (Fsp3) is 0.143. The summed E-state index contributed by atoms with van der Waals surface area (Å²) in [6.45, 7) is 2.47. The van der Waals surface area contributed by atoms with Gasteiger partial charge in [-0.2, -0.15) is 0 Å². The van der Waals surface area contributed by atoms with Gasteiger partial charge in [0.1, 0.15) is 5.69 Å². The van der Waals surface area contributed by atoms with E-state index in [1.165, 1.54) is 4.88 Å². The van der Waals surface area contributed by atoms with Crippen molar-refractivity contribution in [2.75, 3.05) is 0 Å². The Kier molecular flexibility index (Phi) is 3.46. The highest BCUT2D eigenvalue weighted by atomic mass is 35.5. The van der Waals surface area contributed by atoms with Crippen LogP contribution < -0.4 is 5.32 Å². The van der Waals surface area contributed by atoms with Gasteiger partial charge in [-0.3, -0.25) is 9.20 Å². The molecule has 0 bridgehead atoms. The lowest BCUT2D eigenvalue weighted by Crippen LogP contribution is -2.23. The number of aromatic nitrogens is 2. The molecule has 4 nitrogen and oxygen atoms in total. The van der Waals surface area contributed by atoms with Crippen molar-refractivity contribution in [1.29, 1.82) is 0 Å². The Balaban J connectivity index is 1.69. The van der Waals surface area contributed by atoms with E-state index >= 15 is 0 Å². The van der Waals surface area contributed by atoms with Gasteiger partial charge in [-0.1, -0.05) is 23.7 Å². The summed E-state index contributed by atoms with van der Waals surface area (Å²) >= 11 is 7.38. The minimum Gasteiger partial charge on any atom is -0.347 e. The molecule has 0 aliphatic heterocycles. The van der Waals surface area contributed by atoms with Gasteiger partial charge in [-0.25, -0.2) is 4.98 Å². The number of nitrogens with one attached hydrogen (secondary N) is 1.